The predicted molar refractivity (Wildman–Crippen MR) is 92.5 cm³/mol. The lowest BCUT2D eigenvalue weighted by Gasteiger charge is -2.14. The summed E-state index contributed by atoms with van der Waals surface area (Å²) in [6, 6.07) is 7.16. The van der Waals surface area contributed by atoms with Crippen LogP contribution in [0.4, 0.5) is 16.2 Å². The molecule has 3 amide bonds. The minimum Gasteiger partial charge on any atom is -0.336 e. The largest absolute Gasteiger partial charge is 0.336 e. The fourth-order valence-corrected chi connectivity index (χ4v) is 2.90. The van der Waals surface area contributed by atoms with E-state index in [9.17, 15) is 9.59 Å². The van der Waals surface area contributed by atoms with Crippen LogP contribution >= 0.6 is 0 Å². The highest BCUT2D eigenvalue weighted by Crippen LogP contribution is 2.38. The summed E-state index contributed by atoms with van der Waals surface area (Å²) in [4.78, 5) is 30.1. The first-order valence-electron chi connectivity index (χ1n) is 8.45. The molecule has 0 bridgehead atoms. The van der Waals surface area contributed by atoms with Gasteiger partial charge in [0.15, 0.2) is 5.82 Å². The van der Waals surface area contributed by atoms with E-state index in [4.69, 9.17) is 0 Å². The Balaban J connectivity index is 1.38. The molecule has 1 saturated carbocycles. The Hall–Kier alpha value is -2.90. The Bertz CT molecular complexity index is 809. The number of benzene rings is 1. The number of aromatic nitrogens is 3. The Kier molecular flexibility index (Phi) is 3.87. The third kappa shape index (κ3) is 3.33. The second-order valence-electron chi connectivity index (χ2n) is 6.44. The van der Waals surface area contributed by atoms with Crippen molar-refractivity contribution in [2.75, 3.05) is 23.3 Å². The first-order valence-corrected chi connectivity index (χ1v) is 8.45. The minimum atomic E-state index is -0.135. The number of hydrogen-bond donors (Lipinski definition) is 2. The van der Waals surface area contributed by atoms with Crippen LogP contribution in [0.3, 0.4) is 0 Å². The van der Waals surface area contributed by atoms with Gasteiger partial charge in [-0.05, 0) is 37.1 Å². The molecule has 8 nitrogen and oxygen atoms in total. The van der Waals surface area contributed by atoms with Gasteiger partial charge in [-0.1, -0.05) is 0 Å². The zero-order valence-electron chi connectivity index (χ0n) is 14.0. The number of carbonyl (C=O) groups is 2. The smallest absolute Gasteiger partial charge is 0.321 e. The monoisotopic (exact) mass is 340 g/mol. The van der Waals surface area contributed by atoms with E-state index in [1.165, 1.54) is 0 Å². The van der Waals surface area contributed by atoms with Crippen LogP contribution in [0.1, 0.15) is 30.4 Å². The number of rotatable bonds is 5. The number of carbonyl (C=O) groups excluding carboxylic acids is 2. The molecule has 2 aliphatic rings. The summed E-state index contributed by atoms with van der Waals surface area (Å²) in [6.07, 6.45) is 2.46. The molecule has 1 aliphatic carbocycles. The molecule has 1 aliphatic heterocycles. The highest BCUT2D eigenvalue weighted by Gasteiger charge is 2.28. The molecule has 0 unspecified atom stereocenters. The standard InChI is InChI=1S/C17H20N6O2/c1-22-14(20-16(21-22)11-2-3-11)10-15(24)19-12-4-6-13(7-5-12)23-9-8-18-17(23)25/h4-7,11H,2-3,8-10H2,1H3,(H,18,25)(H,19,24). The van der Waals surface area contributed by atoms with Gasteiger partial charge in [-0.25, -0.2) is 9.78 Å². The van der Waals surface area contributed by atoms with Gasteiger partial charge in [0.2, 0.25) is 5.91 Å². The Morgan fingerprint density at radius 1 is 1.32 bits per heavy atom. The maximum absolute atomic E-state index is 12.3. The van der Waals surface area contributed by atoms with Crippen LogP contribution in [-0.4, -0.2) is 39.8 Å². The summed E-state index contributed by atoms with van der Waals surface area (Å²) in [5, 5.41) is 10.0. The summed E-state index contributed by atoms with van der Waals surface area (Å²) in [5.41, 5.74) is 1.51. The molecular weight excluding hydrogens is 320 g/mol. The lowest BCUT2D eigenvalue weighted by Crippen LogP contribution is -2.27. The van der Waals surface area contributed by atoms with E-state index in [-0.39, 0.29) is 18.4 Å². The van der Waals surface area contributed by atoms with E-state index < -0.39 is 0 Å². The van der Waals surface area contributed by atoms with Crippen LogP contribution in [-0.2, 0) is 18.3 Å². The van der Waals surface area contributed by atoms with Crippen molar-refractivity contribution in [3.8, 4) is 0 Å². The molecule has 2 heterocycles. The zero-order chi connectivity index (χ0) is 17.4. The number of anilines is 2. The molecule has 8 heteroatoms. The Morgan fingerprint density at radius 3 is 2.72 bits per heavy atom. The van der Waals surface area contributed by atoms with E-state index in [2.05, 4.69) is 20.7 Å². The van der Waals surface area contributed by atoms with Crippen molar-refractivity contribution in [3.05, 3.63) is 35.9 Å². The summed E-state index contributed by atoms with van der Waals surface area (Å²) in [5.74, 6) is 1.85. The molecule has 1 aromatic carbocycles. The van der Waals surface area contributed by atoms with Crippen molar-refractivity contribution in [3.63, 3.8) is 0 Å². The van der Waals surface area contributed by atoms with Gasteiger partial charge in [0, 0.05) is 37.4 Å². The van der Waals surface area contributed by atoms with E-state index in [1.807, 2.05) is 19.2 Å². The number of hydrogen-bond acceptors (Lipinski definition) is 4. The minimum absolute atomic E-state index is 0.0921. The molecule has 4 rings (SSSR count). The molecule has 1 aromatic heterocycles. The zero-order valence-corrected chi connectivity index (χ0v) is 14.0. The number of nitrogens with one attached hydrogen (secondary N) is 2. The molecule has 0 atom stereocenters. The number of urea groups is 1. The van der Waals surface area contributed by atoms with Crippen LogP contribution in [0.5, 0.6) is 0 Å². The van der Waals surface area contributed by atoms with Gasteiger partial charge in [0.1, 0.15) is 5.82 Å². The van der Waals surface area contributed by atoms with Crippen molar-refractivity contribution in [2.45, 2.75) is 25.2 Å². The maximum atomic E-state index is 12.3. The first-order chi connectivity index (χ1) is 12.1. The Labute approximate surface area is 145 Å². The van der Waals surface area contributed by atoms with Gasteiger partial charge < -0.3 is 10.6 Å². The van der Waals surface area contributed by atoms with Gasteiger partial charge in [-0.2, -0.15) is 5.10 Å². The topological polar surface area (TPSA) is 92.2 Å². The molecule has 0 spiro atoms. The second kappa shape index (κ2) is 6.19. The van der Waals surface area contributed by atoms with E-state index in [1.54, 1.807) is 21.7 Å². The van der Waals surface area contributed by atoms with Gasteiger partial charge in [0.25, 0.3) is 0 Å². The van der Waals surface area contributed by atoms with Crippen LogP contribution in [0, 0.1) is 0 Å². The van der Waals surface area contributed by atoms with E-state index >= 15 is 0 Å². The number of nitrogens with zero attached hydrogens (tertiary/aromatic N) is 4. The first kappa shape index (κ1) is 15.6. The van der Waals surface area contributed by atoms with E-state index in [0.29, 0.717) is 30.5 Å². The molecule has 0 radical (unpaired) electrons. The van der Waals surface area contributed by atoms with Gasteiger partial charge in [-0.3, -0.25) is 14.4 Å². The summed E-state index contributed by atoms with van der Waals surface area (Å²) in [7, 11) is 1.82. The van der Waals surface area contributed by atoms with Crippen molar-refractivity contribution in [1.82, 2.24) is 20.1 Å². The summed E-state index contributed by atoms with van der Waals surface area (Å²) < 4.78 is 1.68. The summed E-state index contributed by atoms with van der Waals surface area (Å²) >= 11 is 0. The van der Waals surface area contributed by atoms with Gasteiger partial charge >= 0.3 is 6.03 Å². The van der Waals surface area contributed by atoms with Crippen molar-refractivity contribution in [2.24, 2.45) is 7.05 Å². The third-order valence-electron chi connectivity index (χ3n) is 4.45. The van der Waals surface area contributed by atoms with E-state index in [0.717, 1.165) is 24.4 Å². The highest BCUT2D eigenvalue weighted by atomic mass is 16.2. The molecular formula is C17H20N6O2. The average molecular weight is 340 g/mol. The third-order valence-corrected chi connectivity index (χ3v) is 4.45. The number of amides is 3. The average Bonchev–Trinajstić information content (AvgIpc) is 3.26. The second-order valence-corrected chi connectivity index (χ2v) is 6.44. The predicted octanol–water partition coefficient (Wildman–Crippen LogP) is 1.40. The van der Waals surface area contributed by atoms with Crippen LogP contribution in [0.15, 0.2) is 24.3 Å². The highest BCUT2D eigenvalue weighted by molar-refractivity contribution is 5.95. The quantitative estimate of drug-likeness (QED) is 0.861. The van der Waals surface area contributed by atoms with Crippen LogP contribution in [0.25, 0.3) is 0 Å². The fraction of sp³-hybridized carbons (Fsp3) is 0.412. The molecule has 2 fully saturated rings. The maximum Gasteiger partial charge on any atom is 0.321 e. The SMILES string of the molecule is Cn1nc(C2CC2)nc1CC(=O)Nc1ccc(N2CCNC2=O)cc1. The van der Waals surface area contributed by atoms with Crippen molar-refractivity contribution < 1.29 is 9.59 Å². The van der Waals surface area contributed by atoms with Gasteiger partial charge in [0.05, 0.1) is 6.42 Å². The molecule has 2 N–H and O–H groups in total. The Morgan fingerprint density at radius 2 is 2.08 bits per heavy atom. The number of aryl methyl sites for hydroxylation is 1. The summed E-state index contributed by atoms with van der Waals surface area (Å²) in [6.45, 7) is 1.30. The fourth-order valence-electron chi connectivity index (χ4n) is 2.90. The molecule has 25 heavy (non-hydrogen) atoms. The molecule has 130 valence electrons. The van der Waals surface area contributed by atoms with Crippen molar-refractivity contribution >= 4 is 23.3 Å². The van der Waals surface area contributed by atoms with Crippen LogP contribution in [0.2, 0.25) is 0 Å². The molecule has 1 saturated heterocycles. The lowest BCUT2D eigenvalue weighted by molar-refractivity contribution is -0.115. The normalized spacial score (nSPS) is 16.8. The lowest BCUT2D eigenvalue weighted by atomic mass is 10.2. The van der Waals surface area contributed by atoms with Crippen molar-refractivity contribution in [1.29, 1.82) is 0 Å². The van der Waals surface area contributed by atoms with Gasteiger partial charge in [-0.15, -0.1) is 0 Å². The van der Waals surface area contributed by atoms with Crippen LogP contribution < -0.4 is 15.5 Å². The molecule has 2 aromatic rings.